The number of phosphoric acid groups is 1. The van der Waals surface area contributed by atoms with Crippen molar-refractivity contribution in [2.45, 2.75) is 155 Å². The highest BCUT2D eigenvalue weighted by atomic mass is 31.2. The van der Waals surface area contributed by atoms with Gasteiger partial charge in [0.1, 0.15) is 19.8 Å². The first-order valence-corrected chi connectivity index (χ1v) is 21.3. The van der Waals surface area contributed by atoms with E-state index in [1.807, 2.05) is 21.1 Å². The van der Waals surface area contributed by atoms with Gasteiger partial charge in [-0.3, -0.25) is 14.2 Å². The maximum atomic E-state index is 12.6. The summed E-state index contributed by atoms with van der Waals surface area (Å²) in [7, 11) is 1.13. The summed E-state index contributed by atoms with van der Waals surface area (Å²) in [5.74, 6) is -0.895. The van der Waals surface area contributed by atoms with Crippen molar-refractivity contribution in [1.29, 1.82) is 0 Å². The van der Waals surface area contributed by atoms with Gasteiger partial charge in [-0.25, -0.2) is 0 Å². The maximum absolute atomic E-state index is 12.6. The summed E-state index contributed by atoms with van der Waals surface area (Å²) in [6.07, 6.45) is 37.1. The van der Waals surface area contributed by atoms with Crippen LogP contribution in [0.5, 0.6) is 0 Å². The summed E-state index contributed by atoms with van der Waals surface area (Å²) < 4.78 is 33.7. The van der Waals surface area contributed by atoms with Gasteiger partial charge in [-0.15, -0.1) is 0 Å². The third kappa shape index (κ3) is 37.5. The van der Waals surface area contributed by atoms with E-state index in [1.165, 1.54) is 38.5 Å². The summed E-state index contributed by atoms with van der Waals surface area (Å²) in [6.45, 7) is 4.09. The lowest BCUT2D eigenvalue weighted by atomic mass is 10.1. The monoisotopic (exact) mass is 740 g/mol. The minimum absolute atomic E-state index is 0.0409. The number of quaternary nitrogens is 1. The molecule has 0 saturated heterocycles. The molecule has 51 heavy (non-hydrogen) atoms. The highest BCUT2D eigenvalue weighted by Crippen LogP contribution is 2.38. The average Bonchev–Trinajstić information content (AvgIpc) is 3.07. The summed E-state index contributed by atoms with van der Waals surface area (Å²) in [6, 6.07) is 0. The van der Waals surface area contributed by atoms with E-state index in [1.54, 1.807) is 0 Å². The Bertz CT molecular complexity index is 1020. The number of ether oxygens (including phenoxy) is 2. The van der Waals surface area contributed by atoms with Gasteiger partial charge in [0, 0.05) is 12.8 Å². The van der Waals surface area contributed by atoms with Crippen LogP contribution < -0.4 is 4.89 Å². The third-order valence-corrected chi connectivity index (χ3v) is 9.04. The van der Waals surface area contributed by atoms with Crippen LogP contribution in [0.15, 0.2) is 48.6 Å². The lowest BCUT2D eigenvalue weighted by Gasteiger charge is -2.28. The number of nitrogens with zero attached hydrogens (tertiary/aromatic N) is 1. The zero-order valence-corrected chi connectivity index (χ0v) is 33.9. The van der Waals surface area contributed by atoms with Crippen molar-refractivity contribution in [2.24, 2.45) is 0 Å². The molecule has 0 aromatic carbocycles. The van der Waals surface area contributed by atoms with Gasteiger partial charge in [0.05, 0.1) is 27.7 Å². The number of unbranched alkanes of at least 4 members (excludes halogenated alkanes) is 13. The number of phosphoric ester groups is 1. The zero-order valence-electron chi connectivity index (χ0n) is 33.0. The number of esters is 2. The molecule has 0 fully saturated rings. The Morgan fingerprint density at radius 2 is 1.06 bits per heavy atom. The number of allylic oxidation sites excluding steroid dienone is 8. The van der Waals surface area contributed by atoms with Crippen LogP contribution in [0.25, 0.3) is 0 Å². The Morgan fingerprint density at radius 1 is 0.608 bits per heavy atom. The van der Waals surface area contributed by atoms with E-state index >= 15 is 0 Å². The Balaban J connectivity index is 4.52. The van der Waals surface area contributed by atoms with Crippen molar-refractivity contribution in [3.8, 4) is 0 Å². The molecular formula is C41H74NO8P. The fourth-order valence-corrected chi connectivity index (χ4v) is 5.62. The first-order chi connectivity index (χ1) is 24.5. The van der Waals surface area contributed by atoms with E-state index in [-0.39, 0.29) is 26.1 Å². The van der Waals surface area contributed by atoms with Crippen LogP contribution in [0.4, 0.5) is 0 Å². The molecule has 0 aliphatic rings. The van der Waals surface area contributed by atoms with Gasteiger partial charge in [0.15, 0.2) is 6.10 Å². The van der Waals surface area contributed by atoms with Crippen LogP contribution in [-0.2, 0) is 32.7 Å². The van der Waals surface area contributed by atoms with Crippen molar-refractivity contribution in [2.75, 3.05) is 47.5 Å². The van der Waals surface area contributed by atoms with Gasteiger partial charge in [-0.05, 0) is 77.0 Å². The van der Waals surface area contributed by atoms with Crippen LogP contribution >= 0.6 is 7.82 Å². The topological polar surface area (TPSA) is 111 Å². The van der Waals surface area contributed by atoms with Gasteiger partial charge in [-0.2, -0.15) is 0 Å². The van der Waals surface area contributed by atoms with E-state index < -0.39 is 32.5 Å². The Labute approximate surface area is 312 Å². The SMILES string of the molecule is CCCCC/C=C/C/C=C/C/C=C/CCCCC(=O)O[C@H](COC(=O)CCCCCCC/C=C/CCCCC)COP(=O)([O-])OCC[N+](C)(C)C. The molecule has 0 aliphatic heterocycles. The minimum atomic E-state index is -4.63. The van der Waals surface area contributed by atoms with Crippen molar-refractivity contribution in [3.05, 3.63) is 48.6 Å². The quantitative estimate of drug-likeness (QED) is 0.0208. The van der Waals surface area contributed by atoms with E-state index in [4.69, 9.17) is 18.5 Å². The van der Waals surface area contributed by atoms with Gasteiger partial charge >= 0.3 is 11.9 Å². The van der Waals surface area contributed by atoms with Crippen molar-refractivity contribution in [3.63, 3.8) is 0 Å². The van der Waals surface area contributed by atoms with Crippen molar-refractivity contribution in [1.82, 2.24) is 0 Å². The molecule has 0 N–H and O–H groups in total. The number of hydrogen-bond acceptors (Lipinski definition) is 8. The zero-order chi connectivity index (χ0) is 37.9. The molecule has 0 aliphatic carbocycles. The molecule has 0 spiro atoms. The lowest BCUT2D eigenvalue weighted by molar-refractivity contribution is -0.870. The second-order valence-corrected chi connectivity index (χ2v) is 15.7. The second-order valence-electron chi connectivity index (χ2n) is 14.3. The standard InChI is InChI=1S/C41H74NO8P/c1-6-8-10-12-14-16-18-20-21-22-24-26-28-30-32-34-41(44)50-39(38-49-51(45,46)48-36-35-42(3,4)5)37-47-40(43)33-31-29-27-25-23-19-17-15-13-11-9-7-2/h14-17,20-21,24,26,39H,6-13,18-19,22-23,25,27-38H2,1-5H3/b16-14+,17-15+,21-20+,26-24+/t39-/m1/s1. The molecule has 9 nitrogen and oxygen atoms in total. The van der Waals surface area contributed by atoms with Gasteiger partial charge in [-0.1, -0.05) is 107 Å². The Morgan fingerprint density at radius 3 is 1.63 bits per heavy atom. The fourth-order valence-electron chi connectivity index (χ4n) is 4.89. The predicted molar refractivity (Wildman–Crippen MR) is 208 cm³/mol. The van der Waals surface area contributed by atoms with E-state index in [2.05, 4.69) is 62.5 Å². The molecular weight excluding hydrogens is 665 g/mol. The van der Waals surface area contributed by atoms with Crippen LogP contribution in [0, 0.1) is 0 Å². The third-order valence-electron chi connectivity index (χ3n) is 8.07. The molecule has 0 saturated carbocycles. The van der Waals surface area contributed by atoms with Crippen molar-refractivity contribution < 1.29 is 42.1 Å². The molecule has 1 unspecified atom stereocenters. The van der Waals surface area contributed by atoms with Gasteiger partial charge in [0.25, 0.3) is 7.82 Å². The molecule has 0 heterocycles. The smallest absolute Gasteiger partial charge is 0.306 e. The van der Waals surface area contributed by atoms with E-state index in [0.29, 0.717) is 23.9 Å². The van der Waals surface area contributed by atoms with Crippen LogP contribution in [-0.4, -0.2) is 70.0 Å². The molecule has 0 rings (SSSR count). The molecule has 0 amide bonds. The van der Waals surface area contributed by atoms with Gasteiger partial charge in [0.2, 0.25) is 0 Å². The average molecular weight is 740 g/mol. The highest BCUT2D eigenvalue weighted by molar-refractivity contribution is 7.45. The molecule has 0 aromatic heterocycles. The highest BCUT2D eigenvalue weighted by Gasteiger charge is 2.21. The molecule has 0 radical (unpaired) electrons. The van der Waals surface area contributed by atoms with Crippen LogP contribution in [0.1, 0.15) is 149 Å². The molecule has 2 atom stereocenters. The van der Waals surface area contributed by atoms with E-state index in [9.17, 15) is 19.0 Å². The summed E-state index contributed by atoms with van der Waals surface area (Å²) >= 11 is 0. The lowest BCUT2D eigenvalue weighted by Crippen LogP contribution is -2.37. The summed E-state index contributed by atoms with van der Waals surface area (Å²) in [4.78, 5) is 37.3. The Kier molecular flexibility index (Phi) is 32.4. The minimum Gasteiger partial charge on any atom is -0.756 e. The summed E-state index contributed by atoms with van der Waals surface area (Å²) in [5, 5.41) is 0. The number of rotatable bonds is 35. The molecule has 0 aromatic rings. The number of hydrogen-bond donors (Lipinski definition) is 0. The van der Waals surface area contributed by atoms with Crippen LogP contribution in [0.2, 0.25) is 0 Å². The molecule has 296 valence electrons. The Hall–Kier alpha value is -2.03. The maximum Gasteiger partial charge on any atom is 0.306 e. The largest absolute Gasteiger partial charge is 0.756 e. The number of likely N-dealkylation sites (N-methyl/N-ethyl adjacent to an activating group) is 1. The first-order valence-electron chi connectivity index (χ1n) is 19.8. The summed E-state index contributed by atoms with van der Waals surface area (Å²) in [5.41, 5.74) is 0. The van der Waals surface area contributed by atoms with E-state index in [0.717, 1.165) is 70.6 Å². The first kappa shape index (κ1) is 49.0. The molecule has 10 heteroatoms. The van der Waals surface area contributed by atoms with Gasteiger partial charge < -0.3 is 27.9 Å². The number of carbonyl (C=O) groups excluding carboxylic acids is 2. The fraction of sp³-hybridized carbons (Fsp3) is 0.756. The predicted octanol–water partition coefficient (Wildman–Crippen LogP) is 10.1. The normalized spacial score (nSPS) is 14.2. The van der Waals surface area contributed by atoms with Crippen molar-refractivity contribution >= 4 is 19.8 Å². The number of carbonyl (C=O) groups is 2. The van der Waals surface area contributed by atoms with Crippen LogP contribution in [0.3, 0.4) is 0 Å². The second kappa shape index (κ2) is 33.8. The molecule has 0 bridgehead atoms.